The average Bonchev–Trinajstić information content (AvgIpc) is 3.19. The van der Waals surface area contributed by atoms with Gasteiger partial charge in [-0.15, -0.1) is 11.3 Å². The van der Waals surface area contributed by atoms with Crippen LogP contribution in [0.5, 0.6) is 5.75 Å². The van der Waals surface area contributed by atoms with Crippen LogP contribution < -0.4 is 15.5 Å². The number of aliphatic imine (C=N–C) groups is 1. The van der Waals surface area contributed by atoms with Crippen LogP contribution in [0.4, 0.5) is 5.00 Å². The van der Waals surface area contributed by atoms with E-state index < -0.39 is 0 Å². The highest BCUT2D eigenvalue weighted by Gasteiger charge is 2.20. The van der Waals surface area contributed by atoms with Crippen LogP contribution >= 0.6 is 11.3 Å². The summed E-state index contributed by atoms with van der Waals surface area (Å²) in [6, 6.07) is 8.78. The summed E-state index contributed by atoms with van der Waals surface area (Å²) in [7, 11) is 0. The lowest BCUT2D eigenvalue weighted by Gasteiger charge is -2.33. The van der Waals surface area contributed by atoms with Gasteiger partial charge in [0.2, 0.25) is 0 Å². The van der Waals surface area contributed by atoms with Gasteiger partial charge < -0.3 is 20.6 Å². The first-order chi connectivity index (χ1) is 13.1. The number of hydrogen-bond acceptors (Lipinski definition) is 4. The Morgan fingerprint density at radius 3 is 2.56 bits per heavy atom. The van der Waals surface area contributed by atoms with E-state index in [4.69, 9.17) is 4.99 Å². The Kier molecular flexibility index (Phi) is 6.61. The maximum absolute atomic E-state index is 9.93. The lowest BCUT2D eigenvalue weighted by molar-refractivity contribution is 0.462. The van der Waals surface area contributed by atoms with Gasteiger partial charge >= 0.3 is 0 Å². The molecule has 0 atom stereocenters. The number of piperidine rings is 1. The number of guanidine groups is 1. The predicted octanol–water partition coefficient (Wildman–Crippen LogP) is 3.79. The lowest BCUT2D eigenvalue weighted by Crippen LogP contribution is -2.48. The summed E-state index contributed by atoms with van der Waals surface area (Å²) in [5.41, 5.74) is 2.92. The monoisotopic (exact) mass is 386 g/mol. The molecule has 0 unspecified atom stereocenters. The third-order valence-electron chi connectivity index (χ3n) is 4.97. The van der Waals surface area contributed by atoms with Crippen LogP contribution in [-0.2, 0) is 6.54 Å². The van der Waals surface area contributed by atoms with Crippen LogP contribution in [0.2, 0.25) is 0 Å². The van der Waals surface area contributed by atoms with Gasteiger partial charge in [-0.3, -0.25) is 0 Å². The van der Waals surface area contributed by atoms with Crippen molar-refractivity contribution in [1.82, 2.24) is 10.6 Å². The van der Waals surface area contributed by atoms with Crippen molar-refractivity contribution in [3.8, 4) is 5.75 Å². The molecule has 0 radical (unpaired) electrons. The summed E-state index contributed by atoms with van der Waals surface area (Å²) in [6.45, 7) is 9.55. The summed E-state index contributed by atoms with van der Waals surface area (Å²) >= 11 is 1.81. The first kappa shape index (κ1) is 19.5. The summed E-state index contributed by atoms with van der Waals surface area (Å²) in [5, 5.41) is 20.4. The van der Waals surface area contributed by atoms with E-state index >= 15 is 0 Å². The Hall–Kier alpha value is -2.21. The zero-order valence-electron chi connectivity index (χ0n) is 16.5. The average molecular weight is 387 g/mol. The molecule has 1 aliphatic heterocycles. The number of phenols is 1. The molecule has 1 saturated heterocycles. The predicted molar refractivity (Wildman–Crippen MR) is 115 cm³/mol. The number of aromatic hydroxyl groups is 1. The molecule has 0 aliphatic carbocycles. The summed E-state index contributed by atoms with van der Waals surface area (Å²) < 4.78 is 0. The van der Waals surface area contributed by atoms with Crippen LogP contribution in [0, 0.1) is 13.8 Å². The number of phenolic OH excluding ortho intramolecular Hbond substituents is 1. The van der Waals surface area contributed by atoms with Crippen molar-refractivity contribution < 1.29 is 5.11 Å². The number of benzene rings is 1. The van der Waals surface area contributed by atoms with Crippen molar-refractivity contribution in [2.45, 2.75) is 46.2 Å². The maximum Gasteiger partial charge on any atom is 0.191 e. The largest absolute Gasteiger partial charge is 0.507 e. The van der Waals surface area contributed by atoms with Gasteiger partial charge in [0.1, 0.15) is 5.75 Å². The molecule has 1 aromatic heterocycles. The van der Waals surface area contributed by atoms with Crippen LogP contribution in [0.1, 0.15) is 36.5 Å². The lowest BCUT2D eigenvalue weighted by atomic mass is 10.1. The molecule has 5 nitrogen and oxygen atoms in total. The van der Waals surface area contributed by atoms with Crippen molar-refractivity contribution in [1.29, 1.82) is 0 Å². The highest BCUT2D eigenvalue weighted by atomic mass is 32.1. The van der Waals surface area contributed by atoms with Crippen LogP contribution in [0.25, 0.3) is 0 Å². The molecule has 6 heteroatoms. The van der Waals surface area contributed by atoms with E-state index in [1.165, 1.54) is 5.00 Å². The van der Waals surface area contributed by atoms with Crippen molar-refractivity contribution in [3.63, 3.8) is 0 Å². The molecule has 3 N–H and O–H groups in total. The molecule has 146 valence electrons. The number of hydrogen-bond donors (Lipinski definition) is 3. The third-order valence-corrected chi connectivity index (χ3v) is 5.90. The van der Waals surface area contributed by atoms with Crippen LogP contribution in [0.3, 0.4) is 0 Å². The van der Waals surface area contributed by atoms with Crippen molar-refractivity contribution >= 4 is 22.3 Å². The number of nitrogens with zero attached hydrogens (tertiary/aromatic N) is 2. The van der Waals surface area contributed by atoms with Gasteiger partial charge in [0.15, 0.2) is 5.96 Å². The highest BCUT2D eigenvalue weighted by Crippen LogP contribution is 2.25. The fourth-order valence-electron chi connectivity index (χ4n) is 3.51. The number of thiophene rings is 1. The quantitative estimate of drug-likeness (QED) is 0.540. The minimum atomic E-state index is 0.380. The molecule has 0 amide bonds. The van der Waals surface area contributed by atoms with E-state index in [1.54, 1.807) is 0 Å². The highest BCUT2D eigenvalue weighted by molar-refractivity contribution is 7.14. The Bertz CT molecular complexity index is 741. The molecule has 0 saturated carbocycles. The summed E-state index contributed by atoms with van der Waals surface area (Å²) in [6.07, 6.45) is 2.22. The Labute approximate surface area is 166 Å². The van der Waals surface area contributed by atoms with Gasteiger partial charge in [0.25, 0.3) is 0 Å². The molecule has 1 aliphatic rings. The summed E-state index contributed by atoms with van der Waals surface area (Å²) in [4.78, 5) is 7.23. The van der Waals surface area contributed by atoms with E-state index in [0.717, 1.165) is 55.1 Å². The number of anilines is 1. The molecule has 3 rings (SSSR count). The second-order valence-electron chi connectivity index (χ2n) is 7.13. The van der Waals surface area contributed by atoms with Gasteiger partial charge in [-0.05, 0) is 67.8 Å². The standard InChI is InChI=1S/C21H30N4OS/c1-4-22-21(23-14-17-12-15(2)20(26)16(3)13-17)24-18-7-9-25(10-8-18)19-6-5-11-27-19/h5-6,11-13,18,26H,4,7-10,14H2,1-3H3,(H2,22,23,24). The Balaban J connectivity index is 1.58. The van der Waals surface area contributed by atoms with Crippen LogP contribution in [0.15, 0.2) is 34.6 Å². The normalized spacial score (nSPS) is 15.8. The smallest absolute Gasteiger partial charge is 0.191 e. The minimum Gasteiger partial charge on any atom is -0.507 e. The summed E-state index contributed by atoms with van der Waals surface area (Å²) in [5.74, 6) is 1.25. The second kappa shape index (κ2) is 9.13. The van der Waals surface area contributed by atoms with Gasteiger partial charge in [0.05, 0.1) is 11.5 Å². The minimum absolute atomic E-state index is 0.380. The van der Waals surface area contributed by atoms with Gasteiger partial charge in [-0.25, -0.2) is 4.99 Å². The van der Waals surface area contributed by atoms with Crippen molar-refractivity contribution in [3.05, 3.63) is 46.3 Å². The molecular formula is C21H30N4OS. The fourth-order valence-corrected chi connectivity index (χ4v) is 4.30. The molecule has 2 aromatic rings. The molecule has 1 aromatic carbocycles. The maximum atomic E-state index is 9.93. The van der Waals surface area contributed by atoms with E-state index in [-0.39, 0.29) is 0 Å². The molecule has 27 heavy (non-hydrogen) atoms. The molecule has 1 fully saturated rings. The molecule has 2 heterocycles. The molecule has 0 spiro atoms. The first-order valence-corrected chi connectivity index (χ1v) is 10.6. The topological polar surface area (TPSA) is 59.9 Å². The van der Waals surface area contributed by atoms with Crippen molar-refractivity contribution in [2.24, 2.45) is 4.99 Å². The number of nitrogens with one attached hydrogen (secondary N) is 2. The van der Waals surface area contributed by atoms with E-state index in [9.17, 15) is 5.11 Å². The molecule has 0 bridgehead atoms. The van der Waals surface area contributed by atoms with Gasteiger partial charge in [-0.1, -0.05) is 12.1 Å². The first-order valence-electron chi connectivity index (χ1n) is 9.69. The second-order valence-corrected chi connectivity index (χ2v) is 8.06. The van der Waals surface area contributed by atoms with Crippen molar-refractivity contribution in [2.75, 3.05) is 24.5 Å². The van der Waals surface area contributed by atoms with E-state index in [0.29, 0.717) is 18.3 Å². The fraction of sp³-hybridized carbons (Fsp3) is 0.476. The zero-order valence-corrected chi connectivity index (χ0v) is 17.3. The SMILES string of the molecule is CCNC(=NCc1cc(C)c(O)c(C)c1)NC1CCN(c2cccs2)CC1. The van der Waals surface area contributed by atoms with E-state index in [1.807, 2.05) is 37.3 Å². The van der Waals surface area contributed by atoms with E-state index in [2.05, 4.69) is 40.0 Å². The zero-order chi connectivity index (χ0) is 19.2. The van der Waals surface area contributed by atoms with Crippen LogP contribution in [-0.4, -0.2) is 36.7 Å². The Morgan fingerprint density at radius 1 is 1.26 bits per heavy atom. The number of aryl methyl sites for hydroxylation is 2. The third kappa shape index (κ3) is 5.16. The Morgan fingerprint density at radius 2 is 1.96 bits per heavy atom. The number of rotatable bonds is 5. The van der Waals surface area contributed by atoms with Gasteiger partial charge in [-0.2, -0.15) is 0 Å². The van der Waals surface area contributed by atoms with Gasteiger partial charge in [0, 0.05) is 25.7 Å². The molecular weight excluding hydrogens is 356 g/mol.